The number of hydrogen-bond donors (Lipinski definition) is 2. The van der Waals surface area contributed by atoms with Gasteiger partial charge in [-0.2, -0.15) is 0 Å². The third-order valence-corrected chi connectivity index (χ3v) is 5.67. The number of carbonyl (C=O) groups excluding carboxylic acids is 2. The number of nitrogens with zero attached hydrogens (tertiary/aromatic N) is 5. The Morgan fingerprint density at radius 2 is 1.97 bits per heavy atom. The van der Waals surface area contributed by atoms with E-state index >= 15 is 0 Å². The van der Waals surface area contributed by atoms with E-state index in [0.717, 1.165) is 24.4 Å². The molecule has 3 heterocycles. The molecule has 0 aliphatic heterocycles. The first-order chi connectivity index (χ1) is 16.3. The number of rotatable bonds is 11. The Balaban J connectivity index is 1.88. The van der Waals surface area contributed by atoms with Gasteiger partial charge in [0.2, 0.25) is 11.6 Å². The van der Waals surface area contributed by atoms with E-state index in [0.29, 0.717) is 30.1 Å². The second kappa shape index (κ2) is 11.2. The van der Waals surface area contributed by atoms with Crippen molar-refractivity contribution in [1.29, 1.82) is 0 Å². The highest BCUT2D eigenvalue weighted by Crippen LogP contribution is 2.20. The van der Waals surface area contributed by atoms with E-state index < -0.39 is 17.2 Å². The molecule has 0 aromatic carbocycles. The zero-order valence-electron chi connectivity index (χ0n) is 19.7. The van der Waals surface area contributed by atoms with Gasteiger partial charge in [0, 0.05) is 37.5 Å². The summed E-state index contributed by atoms with van der Waals surface area (Å²) in [7, 11) is 0. The quantitative estimate of drug-likeness (QED) is 0.386. The number of esters is 1. The number of aromatic nitrogens is 6. The normalized spacial score (nSPS) is 11.3. The average Bonchev–Trinajstić information content (AvgIpc) is 3.37. The number of unbranched alkanes of at least 4 members (excludes halogenated alkanes) is 1. The minimum absolute atomic E-state index is 0.0404. The number of imidazole rings is 1. The highest BCUT2D eigenvalue weighted by molar-refractivity contribution is 7.10. The Morgan fingerprint density at radius 3 is 2.65 bits per heavy atom. The summed E-state index contributed by atoms with van der Waals surface area (Å²) in [5, 5.41) is 6.59. The van der Waals surface area contributed by atoms with Crippen molar-refractivity contribution in [2.24, 2.45) is 5.92 Å². The molecule has 0 aliphatic rings. The second-order valence-electron chi connectivity index (χ2n) is 8.19. The zero-order chi connectivity index (χ0) is 24.8. The van der Waals surface area contributed by atoms with Crippen LogP contribution in [0, 0.1) is 5.92 Å². The lowest BCUT2D eigenvalue weighted by molar-refractivity contribution is -0.116. The van der Waals surface area contributed by atoms with Crippen molar-refractivity contribution in [2.45, 2.75) is 66.5 Å². The Kier molecular flexibility index (Phi) is 8.31. The molecule has 184 valence electrons. The number of hydrogen-bond acceptors (Lipinski definition) is 9. The van der Waals surface area contributed by atoms with Crippen LogP contribution in [0.25, 0.3) is 11.2 Å². The molecule has 34 heavy (non-hydrogen) atoms. The molecule has 1 amide bonds. The van der Waals surface area contributed by atoms with Crippen LogP contribution in [-0.2, 0) is 29.0 Å². The fourth-order valence-corrected chi connectivity index (χ4v) is 4.09. The van der Waals surface area contributed by atoms with E-state index in [9.17, 15) is 19.2 Å². The number of fused-ring (bicyclic) bond motifs is 1. The summed E-state index contributed by atoms with van der Waals surface area (Å²) in [6.07, 6.45) is 1.92. The van der Waals surface area contributed by atoms with Gasteiger partial charge in [0.25, 0.3) is 5.56 Å². The fraction of sp³-hybridized carbons (Fsp3) is 0.571. The lowest BCUT2D eigenvalue weighted by Gasteiger charge is -2.11. The summed E-state index contributed by atoms with van der Waals surface area (Å²) < 4.78 is 11.9. The molecule has 0 saturated heterocycles. The SMILES string of the molecule is CCCCn1c(=O)[nH]c(=O)c2c1nc(CCC(=O)Nc1snnc1C(=O)OCC)n2CC(C)C. The Labute approximate surface area is 199 Å². The maximum Gasteiger partial charge on any atom is 0.362 e. The zero-order valence-corrected chi connectivity index (χ0v) is 20.5. The minimum atomic E-state index is -0.658. The summed E-state index contributed by atoms with van der Waals surface area (Å²) in [6, 6.07) is 0. The molecule has 12 nitrogen and oxygen atoms in total. The van der Waals surface area contributed by atoms with Crippen molar-refractivity contribution in [2.75, 3.05) is 11.9 Å². The van der Waals surface area contributed by atoms with Crippen LogP contribution in [0.5, 0.6) is 0 Å². The van der Waals surface area contributed by atoms with Gasteiger partial charge in [-0.05, 0) is 19.3 Å². The van der Waals surface area contributed by atoms with Gasteiger partial charge in [0.15, 0.2) is 16.2 Å². The number of nitrogens with one attached hydrogen (secondary N) is 2. The molecule has 3 aromatic heterocycles. The maximum absolute atomic E-state index is 12.7. The molecule has 0 spiro atoms. The first kappa shape index (κ1) is 25.3. The van der Waals surface area contributed by atoms with Crippen LogP contribution in [0.3, 0.4) is 0 Å². The molecule has 0 aliphatic carbocycles. The third kappa shape index (κ3) is 5.58. The molecule has 3 rings (SSSR count). The van der Waals surface area contributed by atoms with Crippen LogP contribution >= 0.6 is 11.5 Å². The van der Waals surface area contributed by atoms with Gasteiger partial charge in [0.1, 0.15) is 5.82 Å². The molecule has 0 radical (unpaired) electrons. The Bertz CT molecular complexity index is 1290. The van der Waals surface area contributed by atoms with Crippen molar-refractivity contribution in [3.8, 4) is 0 Å². The predicted octanol–water partition coefficient (Wildman–Crippen LogP) is 1.94. The topological polar surface area (TPSA) is 154 Å². The molecule has 0 bridgehead atoms. The smallest absolute Gasteiger partial charge is 0.362 e. The Hall–Kier alpha value is -3.35. The standard InChI is InChI=1S/C21H29N7O5S/c1-5-7-10-27-17-16(18(30)24-21(27)32)28(11-12(3)4)13(22-17)8-9-14(29)23-19-15(25-26-34-19)20(31)33-6-2/h12H,5-11H2,1-4H3,(H,23,29)(H,24,30,32). The monoisotopic (exact) mass is 491 g/mol. The van der Waals surface area contributed by atoms with E-state index in [-0.39, 0.29) is 42.0 Å². The number of carbonyl (C=O) groups is 2. The van der Waals surface area contributed by atoms with Crippen LogP contribution in [0.1, 0.15) is 63.3 Å². The third-order valence-electron chi connectivity index (χ3n) is 5.03. The van der Waals surface area contributed by atoms with Crippen molar-refractivity contribution in [1.82, 2.24) is 28.7 Å². The van der Waals surface area contributed by atoms with Gasteiger partial charge in [-0.15, -0.1) is 5.10 Å². The summed E-state index contributed by atoms with van der Waals surface area (Å²) in [4.78, 5) is 56.7. The van der Waals surface area contributed by atoms with Gasteiger partial charge < -0.3 is 14.6 Å². The van der Waals surface area contributed by atoms with E-state index in [1.807, 2.05) is 20.8 Å². The highest BCUT2D eigenvalue weighted by atomic mass is 32.1. The van der Waals surface area contributed by atoms with Gasteiger partial charge >= 0.3 is 11.7 Å². The first-order valence-electron chi connectivity index (χ1n) is 11.3. The molecule has 0 unspecified atom stereocenters. The predicted molar refractivity (Wildman–Crippen MR) is 127 cm³/mol. The van der Waals surface area contributed by atoms with Crippen LogP contribution in [0.2, 0.25) is 0 Å². The molecular weight excluding hydrogens is 462 g/mol. The second-order valence-corrected chi connectivity index (χ2v) is 8.94. The number of amides is 1. The molecule has 0 saturated carbocycles. The highest BCUT2D eigenvalue weighted by Gasteiger charge is 2.22. The first-order valence-corrected chi connectivity index (χ1v) is 12.1. The molecule has 0 atom stereocenters. The van der Waals surface area contributed by atoms with Crippen LogP contribution in [-0.4, -0.2) is 47.2 Å². The van der Waals surface area contributed by atoms with E-state index in [1.165, 1.54) is 4.57 Å². The summed E-state index contributed by atoms with van der Waals surface area (Å²) in [5.74, 6) is -0.282. The number of ether oxygens (including phenoxy) is 1. The number of aromatic amines is 1. The van der Waals surface area contributed by atoms with Crippen molar-refractivity contribution in [3.63, 3.8) is 0 Å². The maximum atomic E-state index is 12.7. The van der Waals surface area contributed by atoms with Crippen molar-refractivity contribution < 1.29 is 14.3 Å². The number of H-pyrrole nitrogens is 1. The molecule has 2 N–H and O–H groups in total. The molecular formula is C21H29N7O5S. The molecule has 3 aromatic rings. The summed E-state index contributed by atoms with van der Waals surface area (Å²) >= 11 is 0.884. The van der Waals surface area contributed by atoms with Gasteiger partial charge in [-0.1, -0.05) is 31.7 Å². The number of anilines is 1. The van der Waals surface area contributed by atoms with Crippen LogP contribution in [0.4, 0.5) is 5.00 Å². The van der Waals surface area contributed by atoms with E-state index in [2.05, 4.69) is 24.9 Å². The van der Waals surface area contributed by atoms with Crippen LogP contribution < -0.4 is 16.6 Å². The largest absolute Gasteiger partial charge is 0.461 e. The summed E-state index contributed by atoms with van der Waals surface area (Å²) in [5.41, 5.74) is -0.371. The lowest BCUT2D eigenvalue weighted by atomic mass is 10.2. The number of aryl methyl sites for hydroxylation is 2. The van der Waals surface area contributed by atoms with Crippen molar-refractivity contribution >= 4 is 39.6 Å². The van der Waals surface area contributed by atoms with Gasteiger partial charge in [0.05, 0.1) is 6.61 Å². The van der Waals surface area contributed by atoms with Crippen LogP contribution in [0.15, 0.2) is 9.59 Å². The van der Waals surface area contributed by atoms with E-state index in [1.54, 1.807) is 11.5 Å². The Morgan fingerprint density at radius 1 is 1.21 bits per heavy atom. The van der Waals surface area contributed by atoms with Gasteiger partial charge in [-0.3, -0.25) is 19.1 Å². The molecule has 13 heteroatoms. The minimum Gasteiger partial charge on any atom is -0.461 e. The fourth-order valence-electron chi connectivity index (χ4n) is 3.51. The molecule has 0 fully saturated rings. The summed E-state index contributed by atoms with van der Waals surface area (Å²) in [6.45, 7) is 8.84. The lowest BCUT2D eigenvalue weighted by Crippen LogP contribution is -2.31. The van der Waals surface area contributed by atoms with E-state index in [4.69, 9.17) is 4.74 Å². The van der Waals surface area contributed by atoms with Gasteiger partial charge in [-0.25, -0.2) is 14.6 Å². The van der Waals surface area contributed by atoms with Crippen molar-refractivity contribution in [3.05, 3.63) is 32.4 Å². The average molecular weight is 492 g/mol.